The van der Waals surface area contributed by atoms with Crippen LogP contribution in [0, 0.1) is 0 Å². The van der Waals surface area contributed by atoms with E-state index in [-0.39, 0.29) is 38.6 Å². The third-order valence-corrected chi connectivity index (χ3v) is 8.89. The first-order chi connectivity index (χ1) is 22.3. The first-order valence-electron chi connectivity index (χ1n) is 18.7. The highest BCUT2D eigenvalue weighted by Crippen LogP contribution is 2.43. The lowest BCUT2D eigenvalue weighted by Crippen LogP contribution is -2.29. The van der Waals surface area contributed by atoms with Gasteiger partial charge in [-0.25, -0.2) is 4.57 Å². The molecule has 46 heavy (non-hydrogen) atoms. The van der Waals surface area contributed by atoms with Crippen molar-refractivity contribution in [2.24, 2.45) is 5.73 Å². The van der Waals surface area contributed by atoms with E-state index in [9.17, 15) is 19.0 Å². The molecule has 3 N–H and O–H groups in total. The van der Waals surface area contributed by atoms with Gasteiger partial charge in [0.1, 0.15) is 6.61 Å². The van der Waals surface area contributed by atoms with Crippen LogP contribution in [0.2, 0.25) is 0 Å². The molecule has 0 spiro atoms. The molecule has 2 atom stereocenters. The summed E-state index contributed by atoms with van der Waals surface area (Å²) >= 11 is 0. The van der Waals surface area contributed by atoms with Crippen LogP contribution in [-0.2, 0) is 32.7 Å². The van der Waals surface area contributed by atoms with Crippen LogP contribution in [0.1, 0.15) is 174 Å². The average Bonchev–Trinajstić information content (AvgIpc) is 3.04. The van der Waals surface area contributed by atoms with Crippen LogP contribution in [0.15, 0.2) is 12.2 Å². The molecule has 272 valence electrons. The third kappa shape index (κ3) is 32.7. The van der Waals surface area contributed by atoms with Gasteiger partial charge in [0.15, 0.2) is 6.10 Å². The average molecular weight is 676 g/mol. The summed E-state index contributed by atoms with van der Waals surface area (Å²) in [6.45, 7) is 3.70. The predicted octanol–water partition coefficient (Wildman–Crippen LogP) is 9.88. The lowest BCUT2D eigenvalue weighted by Gasteiger charge is -2.19. The van der Waals surface area contributed by atoms with Crippen LogP contribution < -0.4 is 5.73 Å². The van der Waals surface area contributed by atoms with E-state index in [1.807, 2.05) is 0 Å². The van der Waals surface area contributed by atoms with Crippen LogP contribution in [0.4, 0.5) is 0 Å². The van der Waals surface area contributed by atoms with Gasteiger partial charge in [0.05, 0.1) is 13.2 Å². The Hall–Kier alpha value is -1.25. The highest BCUT2D eigenvalue weighted by atomic mass is 31.2. The zero-order chi connectivity index (χ0) is 34.0. The lowest BCUT2D eigenvalue weighted by molar-refractivity contribution is -0.161. The normalized spacial score (nSPS) is 13.6. The molecule has 0 bridgehead atoms. The van der Waals surface area contributed by atoms with Crippen molar-refractivity contribution in [2.75, 3.05) is 26.4 Å². The van der Waals surface area contributed by atoms with Gasteiger partial charge in [-0.3, -0.25) is 18.6 Å². The van der Waals surface area contributed by atoms with E-state index < -0.39 is 26.5 Å². The van der Waals surface area contributed by atoms with Crippen molar-refractivity contribution >= 4 is 19.8 Å². The molecule has 0 heterocycles. The largest absolute Gasteiger partial charge is 0.472 e. The lowest BCUT2D eigenvalue weighted by atomic mass is 10.1. The highest BCUT2D eigenvalue weighted by molar-refractivity contribution is 7.47. The molecule has 0 saturated carbocycles. The Morgan fingerprint density at radius 2 is 1.07 bits per heavy atom. The molecule has 0 radical (unpaired) electrons. The SMILES string of the molecule is CCCCCCCC/C=C\CCCCCCCC(=O)OC(COC(=O)CCCCCCCCCCCC)COP(=O)(O)OCCN. The minimum Gasteiger partial charge on any atom is -0.462 e. The maximum Gasteiger partial charge on any atom is 0.472 e. The zero-order valence-corrected chi connectivity index (χ0v) is 30.5. The smallest absolute Gasteiger partial charge is 0.462 e. The fourth-order valence-electron chi connectivity index (χ4n) is 5.10. The van der Waals surface area contributed by atoms with Crippen LogP contribution in [0.5, 0.6) is 0 Å². The standard InChI is InChI=1S/C36H70NO8P/c1-3-5-7-9-11-13-15-16-17-18-19-21-23-25-27-29-36(39)45-34(33-44-46(40,41)43-31-30-37)32-42-35(38)28-26-24-22-20-14-12-10-8-6-4-2/h16-17,34H,3-15,18-33,37H2,1-2H3,(H,40,41)/b17-16-. The molecule has 2 unspecified atom stereocenters. The van der Waals surface area contributed by atoms with Crippen molar-refractivity contribution in [3.05, 3.63) is 12.2 Å². The number of phosphoric ester groups is 1. The molecule has 0 aromatic carbocycles. The second kappa shape index (κ2) is 33.6. The number of nitrogens with two attached hydrogens (primary N) is 1. The number of allylic oxidation sites excluding steroid dienone is 2. The predicted molar refractivity (Wildman–Crippen MR) is 188 cm³/mol. The number of hydrogen-bond acceptors (Lipinski definition) is 8. The fraction of sp³-hybridized carbons (Fsp3) is 0.889. The Kier molecular flexibility index (Phi) is 32.7. The molecule has 0 rings (SSSR count). The molecule has 0 aliphatic carbocycles. The number of esters is 2. The van der Waals surface area contributed by atoms with Gasteiger partial charge in [-0.15, -0.1) is 0 Å². The Morgan fingerprint density at radius 3 is 1.54 bits per heavy atom. The van der Waals surface area contributed by atoms with E-state index in [2.05, 4.69) is 26.0 Å². The molecule has 0 aliphatic rings. The number of rotatable bonds is 35. The second-order valence-corrected chi connectivity index (χ2v) is 13.9. The molecular formula is C36H70NO8P. The first-order valence-corrected chi connectivity index (χ1v) is 20.2. The van der Waals surface area contributed by atoms with E-state index in [1.54, 1.807) is 0 Å². The molecule has 0 saturated heterocycles. The van der Waals surface area contributed by atoms with Gasteiger partial charge in [-0.2, -0.15) is 0 Å². The molecule has 9 nitrogen and oxygen atoms in total. The minimum absolute atomic E-state index is 0.0544. The minimum atomic E-state index is -4.36. The Bertz CT molecular complexity index is 779. The van der Waals surface area contributed by atoms with Crippen LogP contribution >= 0.6 is 7.82 Å². The summed E-state index contributed by atoms with van der Waals surface area (Å²) in [5.41, 5.74) is 5.32. The van der Waals surface area contributed by atoms with Gasteiger partial charge in [0.25, 0.3) is 0 Å². The van der Waals surface area contributed by atoms with Gasteiger partial charge in [0, 0.05) is 19.4 Å². The molecule has 10 heteroatoms. The third-order valence-electron chi connectivity index (χ3n) is 7.90. The van der Waals surface area contributed by atoms with Crippen LogP contribution in [-0.4, -0.2) is 49.3 Å². The van der Waals surface area contributed by atoms with Crippen molar-refractivity contribution in [3.63, 3.8) is 0 Å². The van der Waals surface area contributed by atoms with Gasteiger partial charge in [0.2, 0.25) is 0 Å². The maximum absolute atomic E-state index is 12.5. The summed E-state index contributed by atoms with van der Waals surface area (Å²) in [7, 11) is -4.36. The molecule has 0 amide bonds. The first kappa shape index (κ1) is 44.8. The van der Waals surface area contributed by atoms with E-state index in [1.165, 1.54) is 89.9 Å². The number of carbonyl (C=O) groups excluding carboxylic acids is 2. The van der Waals surface area contributed by atoms with Gasteiger partial charge in [-0.05, 0) is 38.5 Å². The number of carbonyl (C=O) groups is 2. The van der Waals surface area contributed by atoms with E-state index in [0.717, 1.165) is 51.4 Å². The maximum atomic E-state index is 12.5. The van der Waals surface area contributed by atoms with Crippen molar-refractivity contribution in [3.8, 4) is 0 Å². The highest BCUT2D eigenvalue weighted by Gasteiger charge is 2.25. The summed E-state index contributed by atoms with van der Waals surface area (Å²) < 4.78 is 32.6. The zero-order valence-electron chi connectivity index (χ0n) is 29.6. The molecule has 0 aromatic heterocycles. The van der Waals surface area contributed by atoms with Crippen LogP contribution in [0.3, 0.4) is 0 Å². The monoisotopic (exact) mass is 675 g/mol. The molecular weight excluding hydrogens is 605 g/mol. The second-order valence-electron chi connectivity index (χ2n) is 12.4. The molecule has 0 aromatic rings. The van der Waals surface area contributed by atoms with Crippen molar-refractivity contribution in [2.45, 2.75) is 180 Å². The molecule has 0 aliphatic heterocycles. The topological polar surface area (TPSA) is 134 Å². The van der Waals surface area contributed by atoms with Crippen molar-refractivity contribution in [1.82, 2.24) is 0 Å². The number of hydrogen-bond donors (Lipinski definition) is 2. The summed E-state index contributed by atoms with van der Waals surface area (Å²) in [5.74, 6) is -0.836. The summed E-state index contributed by atoms with van der Waals surface area (Å²) in [6.07, 6.45) is 31.0. The number of phosphoric acid groups is 1. The summed E-state index contributed by atoms with van der Waals surface area (Å²) in [6, 6.07) is 0. The number of unbranched alkanes of at least 4 members (excludes halogenated alkanes) is 20. The van der Waals surface area contributed by atoms with Gasteiger partial charge < -0.3 is 20.1 Å². The van der Waals surface area contributed by atoms with E-state index >= 15 is 0 Å². The van der Waals surface area contributed by atoms with Crippen LogP contribution in [0.25, 0.3) is 0 Å². The Labute approximate surface area is 281 Å². The van der Waals surface area contributed by atoms with Crippen molar-refractivity contribution < 1.29 is 37.6 Å². The summed E-state index contributed by atoms with van der Waals surface area (Å²) in [4.78, 5) is 34.6. The summed E-state index contributed by atoms with van der Waals surface area (Å²) in [5, 5.41) is 0. The van der Waals surface area contributed by atoms with Crippen molar-refractivity contribution in [1.29, 1.82) is 0 Å². The van der Waals surface area contributed by atoms with Gasteiger partial charge in [-0.1, -0.05) is 135 Å². The Balaban J connectivity index is 4.23. The van der Waals surface area contributed by atoms with E-state index in [4.69, 9.17) is 24.3 Å². The Morgan fingerprint density at radius 1 is 0.630 bits per heavy atom. The molecule has 0 fully saturated rings. The van der Waals surface area contributed by atoms with Gasteiger partial charge >= 0.3 is 19.8 Å². The quantitative estimate of drug-likeness (QED) is 0.0291. The fourth-order valence-corrected chi connectivity index (χ4v) is 5.86. The number of ether oxygens (including phenoxy) is 2. The van der Waals surface area contributed by atoms with E-state index in [0.29, 0.717) is 6.42 Å².